The van der Waals surface area contributed by atoms with E-state index < -0.39 is 23.1 Å². The van der Waals surface area contributed by atoms with E-state index in [1.165, 1.54) is 0 Å². The molecule has 16 heavy (non-hydrogen) atoms. The van der Waals surface area contributed by atoms with Gasteiger partial charge in [-0.1, -0.05) is 5.21 Å². The second kappa shape index (κ2) is 3.76. The molecule has 1 heterocycles. The third-order valence-electron chi connectivity index (χ3n) is 1.84. The monoisotopic (exact) mass is 227 g/mol. The largest absolute Gasteiger partial charge is 0.296 e. The summed E-state index contributed by atoms with van der Waals surface area (Å²) in [5, 5.41) is 6.68. The van der Waals surface area contributed by atoms with E-state index in [9.17, 15) is 18.0 Å². The van der Waals surface area contributed by atoms with Crippen LogP contribution in [0.1, 0.15) is 10.5 Å². The molecule has 0 spiro atoms. The van der Waals surface area contributed by atoms with Crippen LogP contribution in [0.3, 0.4) is 0 Å². The Bertz CT molecular complexity index is 530. The first-order valence-electron chi connectivity index (χ1n) is 4.14. The third kappa shape index (κ3) is 1.67. The van der Waals surface area contributed by atoms with Crippen LogP contribution in [0, 0.1) is 17.5 Å². The lowest BCUT2D eigenvalue weighted by molar-refractivity contribution is 0.111. The molecule has 0 N–H and O–H groups in total. The van der Waals surface area contributed by atoms with E-state index in [1.807, 2.05) is 0 Å². The van der Waals surface area contributed by atoms with Crippen LogP contribution in [-0.2, 0) is 0 Å². The lowest BCUT2D eigenvalue weighted by Crippen LogP contribution is -2.03. The number of aldehydes is 1. The first kappa shape index (κ1) is 10.3. The van der Waals surface area contributed by atoms with Gasteiger partial charge in [0.25, 0.3) is 0 Å². The standard InChI is InChI=1S/C9H4F3N3O/c10-5-1-7(11)9(8(12)2-5)15-3-6(4-16)13-14-15/h1-4H. The Hall–Kier alpha value is -2.18. The van der Waals surface area contributed by atoms with Crippen LogP contribution in [0.4, 0.5) is 13.2 Å². The number of carbonyl (C=O) groups is 1. The number of carbonyl (C=O) groups excluding carboxylic acids is 1. The van der Waals surface area contributed by atoms with E-state index in [-0.39, 0.29) is 5.69 Å². The first-order chi connectivity index (χ1) is 7.61. The highest BCUT2D eigenvalue weighted by Gasteiger charge is 2.15. The van der Waals surface area contributed by atoms with E-state index in [0.717, 1.165) is 10.9 Å². The fraction of sp³-hybridized carbons (Fsp3) is 0. The lowest BCUT2D eigenvalue weighted by Gasteiger charge is -2.03. The van der Waals surface area contributed by atoms with Crippen LogP contribution in [0.25, 0.3) is 5.69 Å². The van der Waals surface area contributed by atoms with E-state index in [0.29, 0.717) is 18.4 Å². The first-order valence-corrected chi connectivity index (χ1v) is 4.14. The molecule has 0 atom stereocenters. The molecule has 2 rings (SSSR count). The smallest absolute Gasteiger partial charge is 0.171 e. The molecule has 0 bridgehead atoms. The van der Waals surface area contributed by atoms with Crippen molar-refractivity contribution in [1.82, 2.24) is 15.0 Å². The van der Waals surface area contributed by atoms with Gasteiger partial charge in [0, 0.05) is 12.1 Å². The molecule has 0 aliphatic heterocycles. The fourth-order valence-corrected chi connectivity index (χ4v) is 1.19. The van der Waals surface area contributed by atoms with E-state index >= 15 is 0 Å². The van der Waals surface area contributed by atoms with Crippen molar-refractivity contribution in [1.29, 1.82) is 0 Å². The molecule has 0 saturated carbocycles. The summed E-state index contributed by atoms with van der Waals surface area (Å²) >= 11 is 0. The predicted molar refractivity (Wildman–Crippen MR) is 46.6 cm³/mol. The van der Waals surface area contributed by atoms with Crippen LogP contribution < -0.4 is 0 Å². The highest BCUT2D eigenvalue weighted by molar-refractivity contribution is 5.70. The Morgan fingerprint density at radius 3 is 2.31 bits per heavy atom. The maximum atomic E-state index is 13.3. The molecule has 2 aromatic rings. The van der Waals surface area contributed by atoms with Crippen LogP contribution >= 0.6 is 0 Å². The van der Waals surface area contributed by atoms with Gasteiger partial charge >= 0.3 is 0 Å². The van der Waals surface area contributed by atoms with Gasteiger partial charge in [-0.05, 0) is 0 Å². The van der Waals surface area contributed by atoms with Crippen LogP contribution in [0.2, 0.25) is 0 Å². The lowest BCUT2D eigenvalue weighted by atomic mass is 10.3. The van der Waals surface area contributed by atoms with E-state index in [2.05, 4.69) is 10.3 Å². The van der Waals surface area contributed by atoms with E-state index in [1.54, 1.807) is 0 Å². The number of benzene rings is 1. The average Bonchev–Trinajstić information content (AvgIpc) is 2.64. The zero-order valence-corrected chi connectivity index (χ0v) is 7.69. The second-order valence-electron chi connectivity index (χ2n) is 2.92. The molecular weight excluding hydrogens is 223 g/mol. The zero-order valence-electron chi connectivity index (χ0n) is 7.69. The van der Waals surface area contributed by atoms with Gasteiger partial charge in [0.2, 0.25) is 0 Å². The molecule has 0 unspecified atom stereocenters. The quantitative estimate of drug-likeness (QED) is 0.730. The van der Waals surface area contributed by atoms with Crippen molar-refractivity contribution in [3.63, 3.8) is 0 Å². The molecule has 0 radical (unpaired) electrons. The molecule has 0 aliphatic rings. The van der Waals surface area contributed by atoms with Crippen molar-refractivity contribution < 1.29 is 18.0 Å². The van der Waals surface area contributed by atoms with Crippen molar-refractivity contribution in [2.24, 2.45) is 0 Å². The van der Waals surface area contributed by atoms with Gasteiger partial charge in [-0.25, -0.2) is 17.9 Å². The third-order valence-corrected chi connectivity index (χ3v) is 1.84. The summed E-state index contributed by atoms with van der Waals surface area (Å²) in [5.74, 6) is -3.28. The van der Waals surface area contributed by atoms with Gasteiger partial charge in [0.15, 0.2) is 17.9 Å². The molecule has 4 nitrogen and oxygen atoms in total. The molecule has 0 saturated heterocycles. The van der Waals surface area contributed by atoms with Gasteiger partial charge in [0.1, 0.15) is 17.2 Å². The average molecular weight is 227 g/mol. The predicted octanol–water partition coefficient (Wildman–Crippen LogP) is 1.50. The number of hydrogen-bond acceptors (Lipinski definition) is 3. The molecular formula is C9H4F3N3O. The number of hydrogen-bond donors (Lipinski definition) is 0. The maximum absolute atomic E-state index is 13.3. The second-order valence-corrected chi connectivity index (χ2v) is 2.92. The van der Waals surface area contributed by atoms with Crippen molar-refractivity contribution in [3.8, 4) is 5.69 Å². The number of halogens is 3. The summed E-state index contributed by atoms with van der Waals surface area (Å²) in [4.78, 5) is 10.3. The number of nitrogens with zero attached hydrogens (tertiary/aromatic N) is 3. The summed E-state index contributed by atoms with van der Waals surface area (Å²) in [5.41, 5.74) is -0.662. The fourth-order valence-electron chi connectivity index (χ4n) is 1.19. The zero-order chi connectivity index (χ0) is 11.7. The van der Waals surface area contributed by atoms with E-state index in [4.69, 9.17) is 0 Å². The summed E-state index contributed by atoms with van der Waals surface area (Å²) in [6.45, 7) is 0. The Kier molecular flexibility index (Phi) is 2.43. The van der Waals surface area contributed by atoms with Gasteiger partial charge < -0.3 is 0 Å². The topological polar surface area (TPSA) is 47.8 Å². The Labute approximate surface area is 87.3 Å². The molecule has 0 fully saturated rings. The minimum Gasteiger partial charge on any atom is -0.296 e. The SMILES string of the molecule is O=Cc1cn(-c2c(F)cc(F)cc2F)nn1. The Morgan fingerprint density at radius 1 is 1.19 bits per heavy atom. The van der Waals surface area contributed by atoms with Gasteiger partial charge in [-0.15, -0.1) is 5.10 Å². The normalized spacial score (nSPS) is 10.4. The van der Waals surface area contributed by atoms with Crippen LogP contribution in [-0.4, -0.2) is 21.3 Å². The summed E-state index contributed by atoms with van der Waals surface area (Å²) in [6, 6.07) is 1.03. The van der Waals surface area contributed by atoms with Crippen LogP contribution in [0.5, 0.6) is 0 Å². The summed E-state index contributed by atoms with van der Waals surface area (Å²) < 4.78 is 39.9. The molecule has 0 amide bonds. The maximum Gasteiger partial charge on any atom is 0.171 e. The highest BCUT2D eigenvalue weighted by Crippen LogP contribution is 2.18. The Balaban J connectivity index is 2.59. The number of rotatable bonds is 2. The Morgan fingerprint density at radius 2 is 1.81 bits per heavy atom. The molecule has 82 valence electrons. The summed E-state index contributed by atoms with van der Waals surface area (Å²) in [7, 11) is 0. The van der Waals surface area contributed by atoms with Crippen LogP contribution in [0.15, 0.2) is 18.3 Å². The van der Waals surface area contributed by atoms with Gasteiger partial charge in [-0.3, -0.25) is 4.79 Å². The molecule has 1 aromatic heterocycles. The van der Waals surface area contributed by atoms with Crippen molar-refractivity contribution in [3.05, 3.63) is 41.5 Å². The van der Waals surface area contributed by atoms with Crippen molar-refractivity contribution in [2.75, 3.05) is 0 Å². The van der Waals surface area contributed by atoms with Gasteiger partial charge in [-0.2, -0.15) is 0 Å². The van der Waals surface area contributed by atoms with Gasteiger partial charge in [0.05, 0.1) is 6.20 Å². The molecule has 7 heteroatoms. The molecule has 0 aliphatic carbocycles. The molecule has 1 aromatic carbocycles. The minimum atomic E-state index is -1.13. The highest BCUT2D eigenvalue weighted by atomic mass is 19.1. The summed E-state index contributed by atoms with van der Waals surface area (Å²) in [6.07, 6.45) is 1.41. The van der Waals surface area contributed by atoms with Crippen molar-refractivity contribution in [2.45, 2.75) is 0 Å². The minimum absolute atomic E-state index is 0.0804. The number of aromatic nitrogens is 3. The van der Waals surface area contributed by atoms with Crippen molar-refractivity contribution >= 4 is 6.29 Å².